The highest BCUT2D eigenvalue weighted by molar-refractivity contribution is 7.13. The van der Waals surface area contributed by atoms with Crippen LogP contribution in [0.4, 0.5) is 8.78 Å². The van der Waals surface area contributed by atoms with Gasteiger partial charge in [0.15, 0.2) is 0 Å². The second-order valence-electron chi connectivity index (χ2n) is 7.71. The van der Waals surface area contributed by atoms with Crippen LogP contribution in [0.5, 0.6) is 5.75 Å². The summed E-state index contributed by atoms with van der Waals surface area (Å²) in [6.45, 7) is 4.49. The monoisotopic (exact) mass is 473 g/mol. The van der Waals surface area contributed by atoms with E-state index in [4.69, 9.17) is 9.47 Å². The van der Waals surface area contributed by atoms with Crippen molar-refractivity contribution in [2.24, 2.45) is 0 Å². The molecule has 0 spiro atoms. The van der Waals surface area contributed by atoms with Crippen LogP contribution in [0.2, 0.25) is 0 Å². The SMILES string of the molecule is COCCN1CCN(C(=O)c2csc(-c3ccc(OCc4cc(F)ccc4F)cc3)n2)CC1. The second kappa shape index (κ2) is 10.8. The van der Waals surface area contributed by atoms with Crippen molar-refractivity contribution >= 4 is 17.2 Å². The van der Waals surface area contributed by atoms with Gasteiger partial charge in [0.2, 0.25) is 0 Å². The number of methoxy groups -OCH3 is 1. The molecule has 9 heteroatoms. The number of nitrogens with zero attached hydrogens (tertiary/aromatic N) is 3. The van der Waals surface area contributed by atoms with Gasteiger partial charge in [0.1, 0.15) is 34.7 Å². The number of ether oxygens (including phenoxy) is 2. The molecule has 3 aromatic rings. The lowest BCUT2D eigenvalue weighted by atomic mass is 10.2. The van der Waals surface area contributed by atoms with E-state index in [0.29, 0.717) is 31.1 Å². The first-order valence-electron chi connectivity index (χ1n) is 10.7. The van der Waals surface area contributed by atoms with E-state index in [-0.39, 0.29) is 18.1 Å². The maximum Gasteiger partial charge on any atom is 0.273 e. The Morgan fingerprint density at radius 3 is 2.58 bits per heavy atom. The summed E-state index contributed by atoms with van der Waals surface area (Å²) in [4.78, 5) is 21.5. The number of halogens is 2. The average Bonchev–Trinajstić information content (AvgIpc) is 3.34. The van der Waals surface area contributed by atoms with Crippen molar-refractivity contribution in [3.05, 3.63) is 70.7 Å². The zero-order chi connectivity index (χ0) is 23.2. The van der Waals surface area contributed by atoms with Crippen molar-refractivity contribution in [1.82, 2.24) is 14.8 Å². The predicted octanol–water partition coefficient (Wildman–Crippen LogP) is 4.07. The third-order valence-corrected chi connectivity index (χ3v) is 6.39. The van der Waals surface area contributed by atoms with Gasteiger partial charge in [0.05, 0.1) is 6.61 Å². The van der Waals surface area contributed by atoms with Crippen LogP contribution in [-0.2, 0) is 11.3 Å². The highest BCUT2D eigenvalue weighted by Crippen LogP contribution is 2.27. The third kappa shape index (κ3) is 5.93. The Labute approximate surface area is 195 Å². The summed E-state index contributed by atoms with van der Waals surface area (Å²) >= 11 is 1.41. The Morgan fingerprint density at radius 1 is 1.09 bits per heavy atom. The molecule has 0 saturated carbocycles. The molecule has 0 aliphatic carbocycles. The summed E-state index contributed by atoms with van der Waals surface area (Å²) in [6.07, 6.45) is 0. The molecule has 174 valence electrons. The van der Waals surface area contributed by atoms with E-state index >= 15 is 0 Å². The van der Waals surface area contributed by atoms with Crippen molar-refractivity contribution in [3.8, 4) is 16.3 Å². The predicted molar refractivity (Wildman–Crippen MR) is 122 cm³/mol. The van der Waals surface area contributed by atoms with Gasteiger partial charge in [-0.15, -0.1) is 11.3 Å². The summed E-state index contributed by atoms with van der Waals surface area (Å²) in [6, 6.07) is 10.4. The van der Waals surface area contributed by atoms with E-state index in [1.165, 1.54) is 11.3 Å². The number of benzene rings is 2. The smallest absolute Gasteiger partial charge is 0.273 e. The molecule has 2 aromatic carbocycles. The lowest BCUT2D eigenvalue weighted by Gasteiger charge is -2.34. The number of amides is 1. The van der Waals surface area contributed by atoms with Crippen LogP contribution in [0.1, 0.15) is 16.1 Å². The molecule has 1 aliphatic rings. The summed E-state index contributed by atoms with van der Waals surface area (Å²) in [5.74, 6) is -0.542. The van der Waals surface area contributed by atoms with Crippen molar-refractivity contribution in [1.29, 1.82) is 0 Å². The molecule has 33 heavy (non-hydrogen) atoms. The highest BCUT2D eigenvalue weighted by Gasteiger charge is 2.23. The van der Waals surface area contributed by atoms with Crippen LogP contribution in [0.3, 0.4) is 0 Å². The fourth-order valence-corrected chi connectivity index (χ4v) is 4.37. The molecule has 0 bridgehead atoms. The summed E-state index contributed by atoms with van der Waals surface area (Å²) in [5.41, 5.74) is 1.46. The van der Waals surface area contributed by atoms with Gasteiger partial charge in [-0.25, -0.2) is 13.8 Å². The molecule has 1 fully saturated rings. The Hall–Kier alpha value is -2.88. The molecule has 0 radical (unpaired) electrons. The van der Waals surface area contributed by atoms with Gasteiger partial charge in [0.25, 0.3) is 5.91 Å². The number of carbonyl (C=O) groups is 1. The molecule has 1 amide bonds. The van der Waals surface area contributed by atoms with E-state index in [1.54, 1.807) is 24.6 Å². The minimum atomic E-state index is -0.510. The maximum absolute atomic E-state index is 13.7. The molecule has 1 aromatic heterocycles. The number of aromatic nitrogens is 1. The number of hydrogen-bond acceptors (Lipinski definition) is 6. The summed E-state index contributed by atoms with van der Waals surface area (Å²) < 4.78 is 37.7. The molecule has 4 rings (SSSR count). The number of hydrogen-bond donors (Lipinski definition) is 0. The zero-order valence-electron chi connectivity index (χ0n) is 18.3. The standard InChI is InChI=1S/C24H25F2N3O3S/c1-31-13-12-28-8-10-29(11-9-28)24(30)22-16-33-23(27-22)17-2-5-20(6-3-17)32-15-18-14-19(25)4-7-21(18)26/h2-7,14,16H,8-13,15H2,1H3. The summed E-state index contributed by atoms with van der Waals surface area (Å²) in [7, 11) is 1.69. The minimum absolute atomic E-state index is 0.0547. The van der Waals surface area contributed by atoms with Crippen molar-refractivity contribution in [2.75, 3.05) is 46.4 Å². The molecule has 6 nitrogen and oxygen atoms in total. The average molecular weight is 474 g/mol. The second-order valence-corrected chi connectivity index (χ2v) is 8.57. The number of rotatable bonds is 8. The molecule has 1 saturated heterocycles. The lowest BCUT2D eigenvalue weighted by Crippen LogP contribution is -2.49. The first-order valence-corrected chi connectivity index (χ1v) is 11.5. The topological polar surface area (TPSA) is 54.9 Å². The molecule has 2 heterocycles. The van der Waals surface area contributed by atoms with Gasteiger partial charge in [-0.05, 0) is 42.5 Å². The van der Waals surface area contributed by atoms with Crippen LogP contribution in [0.25, 0.3) is 10.6 Å². The number of thiazole rings is 1. The fraction of sp³-hybridized carbons (Fsp3) is 0.333. The van der Waals surface area contributed by atoms with E-state index in [0.717, 1.165) is 48.4 Å². The first kappa shape index (κ1) is 23.3. The summed E-state index contributed by atoms with van der Waals surface area (Å²) in [5, 5.41) is 2.52. The van der Waals surface area contributed by atoms with Gasteiger partial charge in [-0.2, -0.15) is 0 Å². The van der Waals surface area contributed by atoms with Gasteiger partial charge >= 0.3 is 0 Å². The van der Waals surface area contributed by atoms with Crippen LogP contribution < -0.4 is 4.74 Å². The van der Waals surface area contributed by atoms with Crippen molar-refractivity contribution < 1.29 is 23.0 Å². The molecule has 0 atom stereocenters. The normalized spacial score (nSPS) is 14.5. The Morgan fingerprint density at radius 2 is 1.85 bits per heavy atom. The first-order chi connectivity index (χ1) is 16.0. The quantitative estimate of drug-likeness (QED) is 0.494. The zero-order valence-corrected chi connectivity index (χ0v) is 19.1. The molecular formula is C24H25F2N3O3S. The van der Waals surface area contributed by atoms with Crippen LogP contribution in [0.15, 0.2) is 47.8 Å². The van der Waals surface area contributed by atoms with Crippen molar-refractivity contribution in [2.45, 2.75) is 6.61 Å². The maximum atomic E-state index is 13.7. The van der Waals surface area contributed by atoms with Gasteiger partial charge in [-0.3, -0.25) is 9.69 Å². The van der Waals surface area contributed by atoms with E-state index < -0.39 is 11.6 Å². The minimum Gasteiger partial charge on any atom is -0.489 e. The Bertz CT molecular complexity index is 1080. The van der Waals surface area contributed by atoms with Crippen LogP contribution >= 0.6 is 11.3 Å². The van der Waals surface area contributed by atoms with Gasteiger partial charge in [-0.1, -0.05) is 0 Å². The third-order valence-electron chi connectivity index (χ3n) is 5.50. The Balaban J connectivity index is 1.33. The highest BCUT2D eigenvalue weighted by atomic mass is 32.1. The van der Waals surface area contributed by atoms with Crippen LogP contribution in [-0.4, -0.2) is 67.1 Å². The van der Waals surface area contributed by atoms with E-state index in [2.05, 4.69) is 9.88 Å². The Kier molecular flexibility index (Phi) is 7.64. The molecule has 1 aliphatic heterocycles. The number of carbonyl (C=O) groups excluding carboxylic acids is 1. The molecule has 0 unspecified atom stereocenters. The van der Waals surface area contributed by atoms with Gasteiger partial charge in [0, 0.05) is 56.3 Å². The lowest BCUT2D eigenvalue weighted by molar-refractivity contribution is 0.0589. The van der Waals surface area contributed by atoms with E-state index in [9.17, 15) is 13.6 Å². The molecule has 0 N–H and O–H groups in total. The number of piperazine rings is 1. The van der Waals surface area contributed by atoms with Crippen LogP contribution in [0, 0.1) is 11.6 Å². The van der Waals surface area contributed by atoms with E-state index in [1.807, 2.05) is 17.0 Å². The molecular weight excluding hydrogens is 448 g/mol. The largest absolute Gasteiger partial charge is 0.489 e. The fourth-order valence-electron chi connectivity index (χ4n) is 3.57. The van der Waals surface area contributed by atoms with Crippen molar-refractivity contribution in [3.63, 3.8) is 0 Å². The van der Waals surface area contributed by atoms with Gasteiger partial charge < -0.3 is 14.4 Å².